The number of carbonyl (C=O) groups excluding carboxylic acids is 1. The lowest BCUT2D eigenvalue weighted by atomic mass is 9.94. The predicted octanol–water partition coefficient (Wildman–Crippen LogP) is 2.81. The van der Waals surface area contributed by atoms with Crippen molar-refractivity contribution < 1.29 is 22.7 Å². The summed E-state index contributed by atoms with van der Waals surface area (Å²) in [5.74, 6) is -0.863. The standard InChI is InChI=1S/C16H21F3N4O2/c1-15(2,3)25-14(24)23-6-11(7-23)10-4-20-13(21-5-10)22-8-12(9-22)16(17,18)19/h4-5,11-12H,6-9H2,1-3H3. The number of halogens is 3. The Morgan fingerprint density at radius 2 is 1.68 bits per heavy atom. The Labute approximate surface area is 144 Å². The van der Waals surface area contributed by atoms with Gasteiger partial charge < -0.3 is 14.5 Å². The van der Waals surface area contributed by atoms with Gasteiger partial charge >= 0.3 is 12.3 Å². The second-order valence-electron chi connectivity index (χ2n) is 7.54. The second-order valence-corrected chi connectivity index (χ2v) is 7.54. The van der Waals surface area contributed by atoms with Crippen LogP contribution < -0.4 is 4.90 Å². The molecule has 9 heteroatoms. The molecule has 3 rings (SSSR count). The summed E-state index contributed by atoms with van der Waals surface area (Å²) in [6, 6.07) is 0. The van der Waals surface area contributed by atoms with E-state index < -0.39 is 17.7 Å². The number of nitrogens with zero attached hydrogens (tertiary/aromatic N) is 4. The lowest BCUT2D eigenvalue weighted by molar-refractivity contribution is -0.180. The summed E-state index contributed by atoms with van der Waals surface area (Å²) in [5.41, 5.74) is 0.342. The molecule has 6 nitrogen and oxygen atoms in total. The van der Waals surface area contributed by atoms with E-state index in [1.165, 1.54) is 4.90 Å². The minimum Gasteiger partial charge on any atom is -0.444 e. The van der Waals surface area contributed by atoms with Crippen molar-refractivity contribution in [1.82, 2.24) is 14.9 Å². The third kappa shape index (κ3) is 3.96. The third-order valence-electron chi connectivity index (χ3n) is 4.29. The minimum absolute atomic E-state index is 0.0985. The molecule has 1 aromatic heterocycles. The molecule has 1 amide bonds. The molecule has 2 aliphatic heterocycles. The number of hydrogen-bond donors (Lipinski definition) is 0. The van der Waals surface area contributed by atoms with Crippen LogP contribution in [-0.2, 0) is 4.74 Å². The molecule has 0 spiro atoms. The Balaban J connectivity index is 1.49. The lowest BCUT2D eigenvalue weighted by Crippen LogP contribution is -2.54. The summed E-state index contributed by atoms with van der Waals surface area (Å²) in [6.45, 7) is 6.29. The van der Waals surface area contributed by atoms with Gasteiger partial charge in [-0.1, -0.05) is 0 Å². The number of alkyl halides is 3. The van der Waals surface area contributed by atoms with Crippen LogP contribution in [0.4, 0.5) is 23.9 Å². The van der Waals surface area contributed by atoms with Crippen molar-refractivity contribution in [3.63, 3.8) is 0 Å². The number of aromatic nitrogens is 2. The second kappa shape index (κ2) is 6.03. The lowest BCUT2D eigenvalue weighted by Gasteiger charge is -2.41. The van der Waals surface area contributed by atoms with Crippen LogP contribution in [0.25, 0.3) is 0 Å². The predicted molar refractivity (Wildman–Crippen MR) is 84.3 cm³/mol. The molecule has 0 radical (unpaired) electrons. The number of hydrogen-bond acceptors (Lipinski definition) is 5. The maximum atomic E-state index is 12.5. The molecular weight excluding hydrogens is 337 g/mol. The van der Waals surface area contributed by atoms with Gasteiger partial charge in [-0.25, -0.2) is 14.8 Å². The molecule has 2 aliphatic rings. The molecule has 0 aromatic carbocycles. The van der Waals surface area contributed by atoms with E-state index in [0.29, 0.717) is 19.0 Å². The molecule has 0 aliphatic carbocycles. The first-order valence-corrected chi connectivity index (χ1v) is 8.14. The maximum absolute atomic E-state index is 12.5. The zero-order valence-electron chi connectivity index (χ0n) is 14.4. The van der Waals surface area contributed by atoms with Crippen LogP contribution in [0.2, 0.25) is 0 Å². The SMILES string of the molecule is CC(C)(C)OC(=O)N1CC(c2cnc(N3CC(C(F)(F)F)C3)nc2)C1. The van der Waals surface area contributed by atoms with Gasteiger partial charge in [0, 0.05) is 44.5 Å². The van der Waals surface area contributed by atoms with E-state index in [2.05, 4.69) is 9.97 Å². The van der Waals surface area contributed by atoms with Crippen LogP contribution >= 0.6 is 0 Å². The van der Waals surface area contributed by atoms with Gasteiger partial charge in [-0.2, -0.15) is 13.2 Å². The van der Waals surface area contributed by atoms with Crippen LogP contribution in [0.5, 0.6) is 0 Å². The summed E-state index contributed by atoms with van der Waals surface area (Å²) < 4.78 is 42.8. The number of rotatable bonds is 2. The molecule has 138 valence electrons. The summed E-state index contributed by atoms with van der Waals surface area (Å²) in [7, 11) is 0. The molecule has 0 unspecified atom stereocenters. The third-order valence-corrected chi connectivity index (χ3v) is 4.29. The van der Waals surface area contributed by atoms with Gasteiger partial charge in [0.05, 0.1) is 5.92 Å². The van der Waals surface area contributed by atoms with E-state index >= 15 is 0 Å². The van der Waals surface area contributed by atoms with E-state index in [1.54, 1.807) is 17.3 Å². The number of ether oxygens (including phenoxy) is 1. The fourth-order valence-corrected chi connectivity index (χ4v) is 2.72. The molecule has 0 bridgehead atoms. The summed E-state index contributed by atoms with van der Waals surface area (Å²) >= 11 is 0. The quantitative estimate of drug-likeness (QED) is 0.814. The van der Waals surface area contributed by atoms with Crippen molar-refractivity contribution in [3.8, 4) is 0 Å². The topological polar surface area (TPSA) is 58.6 Å². The van der Waals surface area contributed by atoms with Gasteiger partial charge in [-0.15, -0.1) is 0 Å². The van der Waals surface area contributed by atoms with Gasteiger partial charge in [-0.3, -0.25) is 0 Å². The highest BCUT2D eigenvalue weighted by Gasteiger charge is 2.48. The summed E-state index contributed by atoms with van der Waals surface area (Å²) in [6.07, 6.45) is -1.26. The first kappa shape index (κ1) is 17.8. The molecule has 0 N–H and O–H groups in total. The minimum atomic E-state index is -4.16. The monoisotopic (exact) mass is 358 g/mol. The molecule has 1 aromatic rings. The largest absolute Gasteiger partial charge is 0.444 e. The highest BCUT2D eigenvalue weighted by Crippen LogP contribution is 2.35. The van der Waals surface area contributed by atoms with Crippen LogP contribution in [-0.4, -0.2) is 58.9 Å². The molecule has 0 saturated carbocycles. The molecule has 3 heterocycles. The van der Waals surface area contributed by atoms with Gasteiger partial charge in [0.15, 0.2) is 0 Å². The van der Waals surface area contributed by atoms with Crippen molar-refractivity contribution in [3.05, 3.63) is 18.0 Å². The van der Waals surface area contributed by atoms with Crippen LogP contribution in [0, 0.1) is 5.92 Å². The van der Waals surface area contributed by atoms with Crippen LogP contribution in [0.3, 0.4) is 0 Å². The smallest absolute Gasteiger partial charge is 0.410 e. The molecular formula is C16H21F3N4O2. The van der Waals surface area contributed by atoms with Crippen LogP contribution in [0.15, 0.2) is 12.4 Å². The number of anilines is 1. The van der Waals surface area contributed by atoms with Crippen molar-refractivity contribution >= 4 is 12.0 Å². The molecule has 2 fully saturated rings. The van der Waals surface area contributed by atoms with Crippen molar-refractivity contribution in [2.24, 2.45) is 5.92 Å². The Bertz CT molecular complexity index is 630. The molecule has 0 atom stereocenters. The molecule has 2 saturated heterocycles. The highest BCUT2D eigenvalue weighted by molar-refractivity contribution is 5.69. The molecule has 25 heavy (non-hydrogen) atoms. The van der Waals surface area contributed by atoms with E-state index in [-0.39, 0.29) is 25.1 Å². The Morgan fingerprint density at radius 1 is 1.12 bits per heavy atom. The van der Waals surface area contributed by atoms with E-state index in [9.17, 15) is 18.0 Å². The van der Waals surface area contributed by atoms with Crippen molar-refractivity contribution in [2.45, 2.75) is 38.5 Å². The van der Waals surface area contributed by atoms with Gasteiger partial charge in [0.25, 0.3) is 0 Å². The van der Waals surface area contributed by atoms with Gasteiger partial charge in [0.2, 0.25) is 5.95 Å². The van der Waals surface area contributed by atoms with Crippen LogP contribution in [0.1, 0.15) is 32.3 Å². The van der Waals surface area contributed by atoms with Gasteiger partial charge in [-0.05, 0) is 26.3 Å². The normalized spacial score (nSPS) is 19.4. The Hall–Kier alpha value is -2.06. The first-order chi connectivity index (χ1) is 11.5. The average Bonchev–Trinajstić information content (AvgIpc) is 2.33. The number of likely N-dealkylation sites (tertiary alicyclic amines) is 1. The fraction of sp³-hybridized carbons (Fsp3) is 0.688. The zero-order chi connectivity index (χ0) is 18.4. The van der Waals surface area contributed by atoms with Crippen molar-refractivity contribution in [1.29, 1.82) is 0 Å². The maximum Gasteiger partial charge on any atom is 0.410 e. The summed E-state index contributed by atoms with van der Waals surface area (Å²) in [5, 5.41) is 0. The van der Waals surface area contributed by atoms with Crippen molar-refractivity contribution in [2.75, 3.05) is 31.1 Å². The van der Waals surface area contributed by atoms with E-state index in [0.717, 1.165) is 5.56 Å². The Morgan fingerprint density at radius 3 is 2.16 bits per heavy atom. The van der Waals surface area contributed by atoms with Gasteiger partial charge in [0.1, 0.15) is 5.60 Å². The average molecular weight is 358 g/mol. The first-order valence-electron chi connectivity index (χ1n) is 8.14. The fourth-order valence-electron chi connectivity index (χ4n) is 2.72. The zero-order valence-corrected chi connectivity index (χ0v) is 14.4. The van der Waals surface area contributed by atoms with E-state index in [1.807, 2.05) is 20.8 Å². The summed E-state index contributed by atoms with van der Waals surface area (Å²) in [4.78, 5) is 23.3. The van der Waals surface area contributed by atoms with E-state index in [4.69, 9.17) is 4.74 Å². The highest BCUT2D eigenvalue weighted by atomic mass is 19.4. The Kier molecular flexibility index (Phi) is 4.28. The number of carbonyl (C=O) groups is 1. The number of amides is 1.